The van der Waals surface area contributed by atoms with Crippen LogP contribution in [0.15, 0.2) is 53.4 Å². The van der Waals surface area contributed by atoms with Crippen molar-refractivity contribution in [3.63, 3.8) is 0 Å². The molecule has 4 rings (SSSR count). The van der Waals surface area contributed by atoms with Gasteiger partial charge in [-0.05, 0) is 61.6 Å². The van der Waals surface area contributed by atoms with E-state index < -0.39 is 10.0 Å². The second-order valence-corrected chi connectivity index (χ2v) is 10.4. The van der Waals surface area contributed by atoms with Crippen LogP contribution in [-0.2, 0) is 25.9 Å². The molecule has 0 spiro atoms. The Morgan fingerprint density at radius 3 is 2.42 bits per heavy atom. The Bertz CT molecular complexity index is 1040. The van der Waals surface area contributed by atoms with Crippen molar-refractivity contribution in [3.05, 3.63) is 59.7 Å². The maximum absolute atomic E-state index is 13.0. The van der Waals surface area contributed by atoms with Crippen LogP contribution < -0.4 is 4.72 Å². The lowest BCUT2D eigenvalue weighted by Gasteiger charge is -2.34. The Balaban J connectivity index is 1.39. The second-order valence-electron chi connectivity index (χ2n) is 8.67. The molecule has 2 fully saturated rings. The largest absolute Gasteiger partial charge is 0.350 e. The Morgan fingerprint density at radius 2 is 1.76 bits per heavy atom. The highest BCUT2D eigenvalue weighted by molar-refractivity contribution is 7.92. The van der Waals surface area contributed by atoms with Crippen LogP contribution in [0.4, 0.5) is 5.69 Å². The molecule has 0 unspecified atom stereocenters. The van der Waals surface area contributed by atoms with E-state index in [0.717, 1.165) is 32.1 Å². The molecule has 1 N–H and O–H groups in total. The van der Waals surface area contributed by atoms with Gasteiger partial charge in [-0.15, -0.1) is 0 Å². The SMILES string of the molecule is CCCCc1ccc(NS(=O)(=O)c2cccc(C(=O)N3CCC(C4OCCO4)CC3)c2)cc1. The summed E-state index contributed by atoms with van der Waals surface area (Å²) in [6.45, 7) is 4.60. The predicted octanol–water partition coefficient (Wildman–Crippen LogP) is 4.06. The van der Waals surface area contributed by atoms with E-state index in [1.165, 1.54) is 17.7 Å². The first kappa shape index (κ1) is 23.7. The van der Waals surface area contributed by atoms with Crippen molar-refractivity contribution in [1.29, 1.82) is 0 Å². The molecule has 8 heteroatoms. The van der Waals surface area contributed by atoms with E-state index in [1.54, 1.807) is 29.2 Å². The summed E-state index contributed by atoms with van der Waals surface area (Å²) >= 11 is 0. The predicted molar refractivity (Wildman–Crippen MR) is 127 cm³/mol. The minimum atomic E-state index is -3.80. The van der Waals surface area contributed by atoms with Gasteiger partial charge in [0.2, 0.25) is 0 Å². The van der Waals surface area contributed by atoms with Gasteiger partial charge >= 0.3 is 0 Å². The summed E-state index contributed by atoms with van der Waals surface area (Å²) < 4.78 is 39.7. The van der Waals surface area contributed by atoms with Gasteiger partial charge < -0.3 is 14.4 Å². The summed E-state index contributed by atoms with van der Waals surface area (Å²) in [6.07, 6.45) is 4.65. The van der Waals surface area contributed by atoms with Crippen LogP contribution in [-0.4, -0.2) is 51.8 Å². The number of nitrogens with one attached hydrogen (secondary N) is 1. The van der Waals surface area contributed by atoms with Gasteiger partial charge in [0.1, 0.15) is 0 Å². The summed E-state index contributed by atoms with van der Waals surface area (Å²) in [6, 6.07) is 13.7. The van der Waals surface area contributed by atoms with Crippen molar-refractivity contribution in [2.45, 2.75) is 50.2 Å². The van der Waals surface area contributed by atoms with E-state index in [1.807, 2.05) is 12.1 Å². The van der Waals surface area contributed by atoms with Crippen LogP contribution in [0, 0.1) is 5.92 Å². The van der Waals surface area contributed by atoms with Gasteiger partial charge in [0.15, 0.2) is 6.29 Å². The second kappa shape index (κ2) is 10.7. The van der Waals surface area contributed by atoms with Gasteiger partial charge in [-0.25, -0.2) is 8.42 Å². The summed E-state index contributed by atoms with van der Waals surface area (Å²) in [5, 5.41) is 0. The molecule has 2 aromatic rings. The van der Waals surface area contributed by atoms with Crippen molar-refractivity contribution >= 4 is 21.6 Å². The molecule has 0 aromatic heterocycles. The number of amides is 1. The van der Waals surface area contributed by atoms with Gasteiger partial charge in [-0.2, -0.15) is 0 Å². The number of anilines is 1. The summed E-state index contributed by atoms with van der Waals surface area (Å²) in [7, 11) is -3.80. The minimum Gasteiger partial charge on any atom is -0.350 e. The molecule has 33 heavy (non-hydrogen) atoms. The molecule has 2 heterocycles. The number of carbonyl (C=O) groups excluding carboxylic acids is 1. The molecule has 2 aromatic carbocycles. The van der Waals surface area contributed by atoms with Crippen LogP contribution >= 0.6 is 0 Å². The van der Waals surface area contributed by atoms with Crippen molar-refractivity contribution in [3.8, 4) is 0 Å². The van der Waals surface area contributed by atoms with Crippen LogP contribution in [0.3, 0.4) is 0 Å². The topological polar surface area (TPSA) is 84.9 Å². The van der Waals surface area contributed by atoms with Crippen LogP contribution in [0.1, 0.15) is 48.5 Å². The van der Waals surface area contributed by atoms with E-state index >= 15 is 0 Å². The van der Waals surface area contributed by atoms with Gasteiger partial charge in [0.25, 0.3) is 15.9 Å². The number of likely N-dealkylation sites (tertiary alicyclic amines) is 1. The number of ether oxygens (including phenoxy) is 2. The zero-order valence-electron chi connectivity index (χ0n) is 19.0. The van der Waals surface area contributed by atoms with Crippen molar-refractivity contribution < 1.29 is 22.7 Å². The molecule has 2 saturated heterocycles. The number of carbonyl (C=O) groups is 1. The maximum atomic E-state index is 13.0. The molecular formula is C25H32N2O5S. The molecular weight excluding hydrogens is 440 g/mol. The molecule has 178 valence electrons. The first-order chi connectivity index (χ1) is 16.0. The smallest absolute Gasteiger partial charge is 0.261 e. The third kappa shape index (κ3) is 5.93. The molecule has 7 nitrogen and oxygen atoms in total. The Kier molecular flexibility index (Phi) is 7.67. The summed E-state index contributed by atoms with van der Waals surface area (Å²) in [4.78, 5) is 14.9. The van der Waals surface area contributed by atoms with Crippen molar-refractivity contribution in [2.24, 2.45) is 5.92 Å². The lowest BCUT2D eigenvalue weighted by molar-refractivity contribution is -0.0956. The number of nitrogens with zero attached hydrogens (tertiary/aromatic N) is 1. The quantitative estimate of drug-likeness (QED) is 0.626. The monoisotopic (exact) mass is 472 g/mol. The van der Waals surface area contributed by atoms with Crippen molar-refractivity contribution in [1.82, 2.24) is 4.90 Å². The van der Waals surface area contributed by atoms with E-state index in [-0.39, 0.29) is 17.1 Å². The minimum absolute atomic E-state index is 0.0750. The van der Waals surface area contributed by atoms with Gasteiger partial charge in [0.05, 0.1) is 18.1 Å². The average molecular weight is 473 g/mol. The molecule has 1 amide bonds. The third-order valence-corrected chi connectivity index (χ3v) is 7.65. The number of piperidine rings is 1. The number of rotatable bonds is 8. The highest BCUT2D eigenvalue weighted by atomic mass is 32.2. The van der Waals surface area contributed by atoms with Crippen LogP contribution in [0.25, 0.3) is 0 Å². The zero-order valence-corrected chi connectivity index (χ0v) is 19.9. The van der Waals surface area contributed by atoms with Crippen LogP contribution in [0.2, 0.25) is 0 Å². The molecule has 0 bridgehead atoms. The first-order valence-electron chi connectivity index (χ1n) is 11.7. The average Bonchev–Trinajstić information content (AvgIpc) is 3.38. The molecule has 0 radical (unpaired) electrons. The van der Waals surface area contributed by atoms with Gasteiger partial charge in [0, 0.05) is 30.3 Å². The number of benzene rings is 2. The molecule has 2 aliphatic heterocycles. The highest BCUT2D eigenvalue weighted by Crippen LogP contribution is 2.27. The number of unbranched alkanes of at least 4 members (excludes halogenated alkanes) is 1. The van der Waals surface area contributed by atoms with E-state index in [9.17, 15) is 13.2 Å². The van der Waals surface area contributed by atoms with E-state index in [2.05, 4.69) is 11.6 Å². The van der Waals surface area contributed by atoms with E-state index in [4.69, 9.17) is 9.47 Å². The number of hydrogen-bond acceptors (Lipinski definition) is 5. The van der Waals surface area contributed by atoms with Crippen LogP contribution in [0.5, 0.6) is 0 Å². The fourth-order valence-electron chi connectivity index (χ4n) is 4.34. The van der Waals surface area contributed by atoms with Crippen molar-refractivity contribution in [2.75, 3.05) is 31.0 Å². The van der Waals surface area contributed by atoms with Gasteiger partial charge in [-0.1, -0.05) is 31.5 Å². The lowest BCUT2D eigenvalue weighted by atomic mass is 9.95. The number of sulfonamides is 1. The Labute approximate surface area is 196 Å². The molecule has 0 saturated carbocycles. The normalized spacial score (nSPS) is 17.9. The Morgan fingerprint density at radius 1 is 1.06 bits per heavy atom. The third-order valence-electron chi connectivity index (χ3n) is 6.28. The lowest BCUT2D eigenvalue weighted by Crippen LogP contribution is -2.41. The first-order valence-corrected chi connectivity index (χ1v) is 13.2. The molecule has 0 aliphatic carbocycles. The molecule has 0 atom stereocenters. The standard InChI is InChI=1S/C25H32N2O5S/c1-2-3-5-19-8-10-22(11-9-19)26-33(29,30)23-7-4-6-21(18-23)24(28)27-14-12-20(13-15-27)25-31-16-17-32-25/h4,6-11,18,20,25-26H,2-3,5,12-17H2,1H3. The highest BCUT2D eigenvalue weighted by Gasteiger charge is 2.32. The van der Waals surface area contributed by atoms with Gasteiger partial charge in [-0.3, -0.25) is 9.52 Å². The maximum Gasteiger partial charge on any atom is 0.261 e. The fraction of sp³-hybridized carbons (Fsp3) is 0.480. The molecule has 2 aliphatic rings. The Hall–Kier alpha value is -2.42. The number of hydrogen-bond donors (Lipinski definition) is 1. The zero-order chi connectivity index (χ0) is 23.3. The summed E-state index contributed by atoms with van der Waals surface area (Å²) in [5.41, 5.74) is 2.06. The summed E-state index contributed by atoms with van der Waals surface area (Å²) in [5.74, 6) is 0.139. The van der Waals surface area contributed by atoms with E-state index in [0.29, 0.717) is 43.5 Å². The number of aryl methyl sites for hydroxylation is 1. The fourth-order valence-corrected chi connectivity index (χ4v) is 5.44.